The molecule has 1 aromatic rings. The van der Waals surface area contributed by atoms with Crippen molar-refractivity contribution in [2.75, 3.05) is 19.8 Å². The molecule has 2 heterocycles. The quantitative estimate of drug-likeness (QED) is 0.783. The molecule has 2 saturated heterocycles. The summed E-state index contributed by atoms with van der Waals surface area (Å²) in [6.07, 6.45) is -0.529. The van der Waals surface area contributed by atoms with Crippen LogP contribution in [0.1, 0.15) is 32.3 Å². The monoisotopic (exact) mass is 377 g/mol. The molecule has 0 radical (unpaired) electrons. The lowest BCUT2D eigenvalue weighted by molar-refractivity contribution is -0.171. The van der Waals surface area contributed by atoms with Gasteiger partial charge in [-0.3, -0.25) is 4.79 Å². The first-order valence-corrected chi connectivity index (χ1v) is 9.43. The number of amides is 2. The summed E-state index contributed by atoms with van der Waals surface area (Å²) in [7, 11) is 0. The molecule has 7 nitrogen and oxygen atoms in total. The first-order valence-electron chi connectivity index (χ1n) is 9.43. The molecule has 1 aromatic carbocycles. The standard InChI is InChI=1S/C20H27NO6/c1-3-16(17(22)12-20(2)26-9-10-27-20)18(23)21-15(13-25-19(21)24)11-14-7-5-4-6-8-14/h4-8,15-17,22H,3,9-13H2,1-2H3/t15-,16-,17+/m0/s1. The van der Waals surface area contributed by atoms with E-state index in [1.165, 1.54) is 4.90 Å². The number of aliphatic hydroxyl groups excluding tert-OH is 1. The van der Waals surface area contributed by atoms with E-state index in [0.717, 1.165) is 5.56 Å². The normalized spacial score (nSPS) is 23.9. The predicted molar refractivity (Wildman–Crippen MR) is 96.8 cm³/mol. The lowest BCUT2D eigenvalue weighted by Crippen LogP contribution is -2.47. The maximum Gasteiger partial charge on any atom is 0.416 e. The first kappa shape index (κ1) is 19.8. The van der Waals surface area contributed by atoms with Gasteiger partial charge in [-0.25, -0.2) is 9.69 Å². The van der Waals surface area contributed by atoms with Crippen molar-refractivity contribution in [2.24, 2.45) is 5.92 Å². The number of nitrogens with zero attached hydrogens (tertiary/aromatic N) is 1. The molecule has 0 saturated carbocycles. The van der Waals surface area contributed by atoms with Crippen LogP contribution in [0.25, 0.3) is 0 Å². The Morgan fingerprint density at radius 3 is 2.59 bits per heavy atom. The van der Waals surface area contributed by atoms with E-state index in [0.29, 0.717) is 26.1 Å². The highest BCUT2D eigenvalue weighted by Crippen LogP contribution is 2.30. The number of cyclic esters (lactones) is 1. The van der Waals surface area contributed by atoms with Gasteiger partial charge < -0.3 is 19.3 Å². The average molecular weight is 377 g/mol. The van der Waals surface area contributed by atoms with Gasteiger partial charge in [-0.1, -0.05) is 37.3 Å². The lowest BCUT2D eigenvalue weighted by Gasteiger charge is -2.31. The summed E-state index contributed by atoms with van der Waals surface area (Å²) in [5.41, 5.74) is 1.02. The zero-order chi connectivity index (χ0) is 19.4. The molecule has 2 fully saturated rings. The van der Waals surface area contributed by atoms with Gasteiger partial charge in [0.15, 0.2) is 5.79 Å². The molecule has 0 spiro atoms. The van der Waals surface area contributed by atoms with Crippen LogP contribution < -0.4 is 0 Å². The number of benzene rings is 1. The highest BCUT2D eigenvalue weighted by atomic mass is 16.7. The molecule has 0 aliphatic carbocycles. The van der Waals surface area contributed by atoms with E-state index < -0.39 is 29.8 Å². The Hall–Kier alpha value is -1.96. The second kappa shape index (κ2) is 8.37. The summed E-state index contributed by atoms with van der Waals surface area (Å²) >= 11 is 0. The summed E-state index contributed by atoms with van der Waals surface area (Å²) in [5.74, 6) is -2.03. The number of ether oxygens (including phenoxy) is 3. The van der Waals surface area contributed by atoms with E-state index in [1.54, 1.807) is 6.92 Å². The van der Waals surface area contributed by atoms with Gasteiger partial charge in [-0.2, -0.15) is 0 Å². The number of aliphatic hydroxyl groups is 1. The van der Waals surface area contributed by atoms with E-state index in [4.69, 9.17) is 14.2 Å². The highest BCUT2D eigenvalue weighted by Gasteiger charge is 2.44. The molecule has 0 bridgehead atoms. The van der Waals surface area contributed by atoms with Crippen LogP contribution in [0.5, 0.6) is 0 Å². The molecule has 27 heavy (non-hydrogen) atoms. The number of carbonyl (C=O) groups excluding carboxylic acids is 2. The summed E-state index contributed by atoms with van der Waals surface area (Å²) in [6.45, 7) is 4.66. The Labute approximate surface area is 159 Å². The second-order valence-corrected chi connectivity index (χ2v) is 7.25. The summed E-state index contributed by atoms with van der Waals surface area (Å²) in [5, 5.41) is 10.7. The Balaban J connectivity index is 1.70. The second-order valence-electron chi connectivity index (χ2n) is 7.25. The van der Waals surface area contributed by atoms with Crippen molar-refractivity contribution in [3.63, 3.8) is 0 Å². The third-order valence-corrected chi connectivity index (χ3v) is 5.21. The largest absolute Gasteiger partial charge is 0.447 e. The van der Waals surface area contributed by atoms with E-state index >= 15 is 0 Å². The molecule has 2 aliphatic heterocycles. The van der Waals surface area contributed by atoms with E-state index in [9.17, 15) is 14.7 Å². The minimum atomic E-state index is -0.976. The van der Waals surface area contributed by atoms with Gasteiger partial charge >= 0.3 is 6.09 Å². The fourth-order valence-corrected chi connectivity index (χ4v) is 3.75. The van der Waals surface area contributed by atoms with Crippen LogP contribution in [-0.4, -0.2) is 59.8 Å². The lowest BCUT2D eigenvalue weighted by atomic mass is 9.92. The first-order chi connectivity index (χ1) is 12.9. The molecule has 3 atom stereocenters. The number of hydrogen-bond donors (Lipinski definition) is 1. The predicted octanol–water partition coefficient (Wildman–Crippen LogP) is 2.12. The van der Waals surface area contributed by atoms with Crippen LogP contribution in [0.15, 0.2) is 30.3 Å². The van der Waals surface area contributed by atoms with Gasteiger partial charge in [-0.15, -0.1) is 0 Å². The molecular weight excluding hydrogens is 350 g/mol. The molecule has 0 aromatic heterocycles. The van der Waals surface area contributed by atoms with Gasteiger partial charge in [0, 0.05) is 6.42 Å². The molecule has 2 aliphatic rings. The van der Waals surface area contributed by atoms with Crippen molar-refractivity contribution >= 4 is 12.0 Å². The van der Waals surface area contributed by atoms with Gasteiger partial charge in [0.25, 0.3) is 0 Å². The summed E-state index contributed by atoms with van der Waals surface area (Å²) < 4.78 is 16.2. The van der Waals surface area contributed by atoms with Gasteiger partial charge in [0.1, 0.15) is 6.61 Å². The number of imide groups is 1. The molecule has 2 amide bonds. The maximum absolute atomic E-state index is 13.1. The fraction of sp³-hybridized carbons (Fsp3) is 0.600. The van der Waals surface area contributed by atoms with E-state index in [1.807, 2.05) is 37.3 Å². The molecular formula is C20H27NO6. The SMILES string of the molecule is CC[C@H](C(=O)N1C(=O)OC[C@@H]1Cc1ccccc1)[C@H](O)CC1(C)OCCO1. The van der Waals surface area contributed by atoms with Crippen LogP contribution in [0.3, 0.4) is 0 Å². The highest BCUT2D eigenvalue weighted by molar-refractivity contribution is 5.95. The minimum absolute atomic E-state index is 0.163. The molecule has 148 valence electrons. The zero-order valence-electron chi connectivity index (χ0n) is 15.8. The van der Waals surface area contributed by atoms with Crippen LogP contribution in [0, 0.1) is 5.92 Å². The molecule has 1 N–H and O–H groups in total. The van der Waals surface area contributed by atoms with Crippen molar-refractivity contribution < 1.29 is 28.9 Å². The number of carbonyl (C=O) groups is 2. The third-order valence-electron chi connectivity index (χ3n) is 5.21. The van der Waals surface area contributed by atoms with Crippen molar-refractivity contribution in [3.05, 3.63) is 35.9 Å². The van der Waals surface area contributed by atoms with Crippen LogP contribution in [0.2, 0.25) is 0 Å². The molecule has 3 rings (SSSR count). The zero-order valence-corrected chi connectivity index (χ0v) is 15.8. The topological polar surface area (TPSA) is 85.3 Å². The molecule has 7 heteroatoms. The van der Waals surface area contributed by atoms with Crippen LogP contribution in [-0.2, 0) is 25.4 Å². The van der Waals surface area contributed by atoms with Gasteiger partial charge in [-0.05, 0) is 25.3 Å². The van der Waals surface area contributed by atoms with Crippen LogP contribution >= 0.6 is 0 Å². The number of rotatable bonds is 7. The van der Waals surface area contributed by atoms with Gasteiger partial charge in [0.05, 0.1) is 31.3 Å². The van der Waals surface area contributed by atoms with Crippen molar-refractivity contribution in [1.82, 2.24) is 4.90 Å². The Kier molecular flexibility index (Phi) is 6.14. The Morgan fingerprint density at radius 1 is 1.30 bits per heavy atom. The summed E-state index contributed by atoms with van der Waals surface area (Å²) in [6, 6.07) is 9.28. The van der Waals surface area contributed by atoms with Crippen molar-refractivity contribution in [3.8, 4) is 0 Å². The van der Waals surface area contributed by atoms with Crippen molar-refractivity contribution in [1.29, 1.82) is 0 Å². The van der Waals surface area contributed by atoms with E-state index in [-0.39, 0.29) is 19.1 Å². The maximum atomic E-state index is 13.1. The summed E-state index contributed by atoms with van der Waals surface area (Å²) in [4.78, 5) is 26.5. The Bertz CT molecular complexity index is 658. The smallest absolute Gasteiger partial charge is 0.416 e. The third kappa shape index (κ3) is 4.48. The minimum Gasteiger partial charge on any atom is -0.447 e. The average Bonchev–Trinajstić information content (AvgIpc) is 3.22. The van der Waals surface area contributed by atoms with E-state index in [2.05, 4.69) is 0 Å². The van der Waals surface area contributed by atoms with Crippen LogP contribution in [0.4, 0.5) is 4.79 Å². The van der Waals surface area contributed by atoms with Gasteiger partial charge in [0.2, 0.25) is 5.91 Å². The Morgan fingerprint density at radius 2 is 1.96 bits per heavy atom. The fourth-order valence-electron chi connectivity index (χ4n) is 3.75. The molecule has 0 unspecified atom stereocenters. The van der Waals surface area contributed by atoms with Crippen molar-refractivity contribution in [2.45, 2.75) is 51.0 Å². The number of hydrogen-bond acceptors (Lipinski definition) is 6.